The molecule has 2 heterocycles. The molecule has 2 saturated heterocycles. The Bertz CT molecular complexity index is 1090. The Labute approximate surface area is 216 Å². The zero-order valence-electron chi connectivity index (χ0n) is 21.2. The van der Waals surface area contributed by atoms with Crippen LogP contribution in [0.4, 0.5) is 23.7 Å². The molecular weight excluding hydrogens is 479 g/mol. The van der Waals surface area contributed by atoms with Crippen LogP contribution < -0.4 is 10.2 Å². The molecule has 0 bridgehead atoms. The van der Waals surface area contributed by atoms with Crippen molar-refractivity contribution in [2.45, 2.75) is 44.9 Å². The number of likely N-dealkylation sites (tertiary alicyclic amines) is 1. The highest BCUT2D eigenvalue weighted by atomic mass is 19.4. The number of benzene rings is 2. The Morgan fingerprint density at radius 1 is 1.08 bits per heavy atom. The van der Waals surface area contributed by atoms with Gasteiger partial charge in [0, 0.05) is 44.5 Å². The van der Waals surface area contributed by atoms with Gasteiger partial charge < -0.3 is 15.1 Å². The van der Waals surface area contributed by atoms with E-state index in [1.165, 1.54) is 11.6 Å². The molecule has 9 heteroatoms. The molecule has 2 aliphatic heterocycles. The van der Waals surface area contributed by atoms with Crippen LogP contribution in [0.1, 0.15) is 42.9 Å². The number of anilines is 1. The van der Waals surface area contributed by atoms with Crippen molar-refractivity contribution < 1.29 is 18.0 Å². The fraction of sp³-hybridized carbons (Fsp3) is 0.500. The SMILES string of the molecule is C[C@@H]1CN(c2ccc(C#N)c(C(F)(F)F)c2)CCN1C(=O)NCCC1CCN(Cc2ccccc2)CC1. The number of hydrogen-bond donors (Lipinski definition) is 1. The van der Waals surface area contributed by atoms with Gasteiger partial charge in [-0.05, 0) is 69.0 Å². The van der Waals surface area contributed by atoms with Gasteiger partial charge in [0.05, 0.1) is 17.2 Å². The Morgan fingerprint density at radius 2 is 1.81 bits per heavy atom. The van der Waals surface area contributed by atoms with E-state index in [1.807, 2.05) is 17.9 Å². The van der Waals surface area contributed by atoms with Gasteiger partial charge in [0.25, 0.3) is 0 Å². The van der Waals surface area contributed by atoms with Gasteiger partial charge in [0.2, 0.25) is 0 Å². The molecule has 0 aromatic heterocycles. The van der Waals surface area contributed by atoms with Crippen LogP contribution in [0.25, 0.3) is 0 Å². The zero-order valence-corrected chi connectivity index (χ0v) is 21.2. The summed E-state index contributed by atoms with van der Waals surface area (Å²) < 4.78 is 40.1. The predicted molar refractivity (Wildman–Crippen MR) is 137 cm³/mol. The van der Waals surface area contributed by atoms with Crippen LogP contribution in [-0.2, 0) is 12.7 Å². The van der Waals surface area contributed by atoms with Gasteiger partial charge >= 0.3 is 12.2 Å². The average Bonchev–Trinajstić information content (AvgIpc) is 2.89. The molecule has 2 amide bonds. The fourth-order valence-electron chi connectivity index (χ4n) is 5.31. The summed E-state index contributed by atoms with van der Waals surface area (Å²) >= 11 is 0. The molecule has 6 nitrogen and oxygen atoms in total. The second-order valence-electron chi connectivity index (χ2n) is 10.1. The number of halogens is 3. The molecule has 0 saturated carbocycles. The normalized spacial score (nSPS) is 19.5. The molecule has 4 rings (SSSR count). The standard InChI is InChI=1S/C28H34F3N5O/c1-21-19-35(25-8-7-24(18-32)26(17-25)28(29,30)31)15-16-36(21)27(37)33-12-9-22-10-13-34(14-11-22)20-23-5-3-2-4-6-23/h2-8,17,21-22H,9-16,19-20H2,1H3,(H,33,37)/t21-/m1/s1. The lowest BCUT2D eigenvalue weighted by Gasteiger charge is -2.41. The molecule has 198 valence electrons. The lowest BCUT2D eigenvalue weighted by molar-refractivity contribution is -0.137. The molecule has 0 unspecified atom stereocenters. The van der Waals surface area contributed by atoms with E-state index in [4.69, 9.17) is 5.26 Å². The van der Waals surface area contributed by atoms with Gasteiger partial charge in [-0.15, -0.1) is 0 Å². The second-order valence-corrected chi connectivity index (χ2v) is 10.1. The molecule has 2 aromatic carbocycles. The van der Waals surface area contributed by atoms with Crippen LogP contribution >= 0.6 is 0 Å². The number of nitrogens with zero attached hydrogens (tertiary/aromatic N) is 4. The first kappa shape index (κ1) is 26.8. The largest absolute Gasteiger partial charge is 0.417 e. The summed E-state index contributed by atoms with van der Waals surface area (Å²) in [6.45, 7) is 6.93. The van der Waals surface area contributed by atoms with Gasteiger partial charge in [0.1, 0.15) is 0 Å². The number of nitriles is 1. The predicted octanol–water partition coefficient (Wildman–Crippen LogP) is 5.10. The highest BCUT2D eigenvalue weighted by Gasteiger charge is 2.35. The molecule has 2 aromatic rings. The number of carbonyl (C=O) groups excluding carboxylic acids is 1. The number of piperidine rings is 1. The number of amides is 2. The first-order chi connectivity index (χ1) is 17.7. The molecule has 37 heavy (non-hydrogen) atoms. The summed E-state index contributed by atoms with van der Waals surface area (Å²) in [4.78, 5) is 18.9. The lowest BCUT2D eigenvalue weighted by atomic mass is 9.93. The average molecular weight is 514 g/mol. The highest BCUT2D eigenvalue weighted by molar-refractivity contribution is 5.75. The third-order valence-corrected chi connectivity index (χ3v) is 7.47. The van der Waals surface area contributed by atoms with Crippen molar-refractivity contribution >= 4 is 11.7 Å². The Balaban J connectivity index is 1.21. The lowest BCUT2D eigenvalue weighted by Crippen LogP contribution is -2.56. The van der Waals surface area contributed by atoms with Gasteiger partial charge in [-0.3, -0.25) is 4.90 Å². The first-order valence-electron chi connectivity index (χ1n) is 12.9. The van der Waals surface area contributed by atoms with Crippen molar-refractivity contribution in [3.63, 3.8) is 0 Å². The van der Waals surface area contributed by atoms with Gasteiger partial charge in [-0.25, -0.2) is 4.79 Å². The summed E-state index contributed by atoms with van der Waals surface area (Å²) in [5, 5.41) is 12.1. The number of hydrogen-bond acceptors (Lipinski definition) is 4. The van der Waals surface area contributed by atoms with Crippen molar-refractivity contribution in [1.29, 1.82) is 5.26 Å². The smallest absolute Gasteiger partial charge is 0.368 e. The van der Waals surface area contributed by atoms with Crippen LogP contribution in [0.3, 0.4) is 0 Å². The van der Waals surface area contributed by atoms with E-state index in [-0.39, 0.29) is 17.6 Å². The quantitative estimate of drug-likeness (QED) is 0.584. The Kier molecular flexibility index (Phi) is 8.59. The maximum absolute atomic E-state index is 13.4. The first-order valence-corrected chi connectivity index (χ1v) is 12.9. The van der Waals surface area contributed by atoms with E-state index in [2.05, 4.69) is 34.5 Å². The summed E-state index contributed by atoms with van der Waals surface area (Å²) in [6, 6.07) is 15.6. The van der Waals surface area contributed by atoms with Crippen LogP contribution in [-0.4, -0.2) is 61.1 Å². The maximum Gasteiger partial charge on any atom is 0.417 e. The highest BCUT2D eigenvalue weighted by Crippen LogP contribution is 2.35. The molecular formula is C28H34F3N5O. The van der Waals surface area contributed by atoms with Gasteiger partial charge in [-0.2, -0.15) is 18.4 Å². The zero-order chi connectivity index (χ0) is 26.4. The van der Waals surface area contributed by atoms with E-state index in [0.717, 1.165) is 45.0 Å². The third-order valence-electron chi connectivity index (χ3n) is 7.47. The van der Waals surface area contributed by atoms with Gasteiger partial charge in [0.15, 0.2) is 0 Å². The summed E-state index contributed by atoms with van der Waals surface area (Å²) in [6.07, 6.45) is -1.39. The number of rotatable bonds is 6. The Morgan fingerprint density at radius 3 is 2.46 bits per heavy atom. The van der Waals surface area contributed by atoms with Crippen molar-refractivity contribution in [1.82, 2.24) is 15.1 Å². The van der Waals surface area contributed by atoms with Crippen molar-refractivity contribution in [3.05, 3.63) is 65.2 Å². The number of alkyl halides is 3. The second kappa shape index (κ2) is 11.9. The third kappa shape index (κ3) is 6.95. The summed E-state index contributed by atoms with van der Waals surface area (Å²) in [5.41, 5.74) is 0.439. The van der Waals surface area contributed by atoms with Crippen LogP contribution in [0.2, 0.25) is 0 Å². The van der Waals surface area contributed by atoms with E-state index >= 15 is 0 Å². The minimum absolute atomic E-state index is 0.121. The van der Waals surface area contributed by atoms with Crippen molar-refractivity contribution in [2.75, 3.05) is 44.2 Å². The molecule has 0 spiro atoms. The number of nitrogens with one attached hydrogen (secondary N) is 1. The monoisotopic (exact) mass is 513 g/mol. The minimum Gasteiger partial charge on any atom is -0.368 e. The van der Waals surface area contributed by atoms with E-state index in [0.29, 0.717) is 37.8 Å². The van der Waals surface area contributed by atoms with E-state index < -0.39 is 11.7 Å². The summed E-state index contributed by atoms with van der Waals surface area (Å²) in [5.74, 6) is 0.598. The van der Waals surface area contributed by atoms with Crippen LogP contribution in [0, 0.1) is 17.2 Å². The fourth-order valence-corrected chi connectivity index (χ4v) is 5.31. The molecule has 0 aliphatic carbocycles. The van der Waals surface area contributed by atoms with E-state index in [1.54, 1.807) is 17.0 Å². The van der Waals surface area contributed by atoms with E-state index in [9.17, 15) is 18.0 Å². The maximum atomic E-state index is 13.4. The molecule has 2 fully saturated rings. The number of urea groups is 1. The molecule has 2 aliphatic rings. The van der Waals surface area contributed by atoms with Crippen LogP contribution in [0.5, 0.6) is 0 Å². The number of piperazine rings is 1. The Hall–Kier alpha value is -3.25. The van der Waals surface area contributed by atoms with Crippen LogP contribution in [0.15, 0.2) is 48.5 Å². The van der Waals surface area contributed by atoms with Gasteiger partial charge in [-0.1, -0.05) is 30.3 Å². The molecule has 1 atom stereocenters. The molecule has 1 N–H and O–H groups in total. The number of carbonyl (C=O) groups is 1. The van der Waals surface area contributed by atoms with Crippen molar-refractivity contribution in [2.24, 2.45) is 5.92 Å². The minimum atomic E-state index is -4.59. The summed E-state index contributed by atoms with van der Waals surface area (Å²) in [7, 11) is 0. The van der Waals surface area contributed by atoms with Crippen molar-refractivity contribution in [3.8, 4) is 6.07 Å². The topological polar surface area (TPSA) is 62.6 Å². The molecule has 0 radical (unpaired) electrons.